The highest BCUT2D eigenvalue weighted by Gasteiger charge is 2.32. The topological polar surface area (TPSA) is 23.5 Å². The molecule has 72 valence electrons. The number of hydrogen-bond donors (Lipinski definition) is 1. The number of aliphatic hydroxyl groups excluding tert-OH is 1. The van der Waals surface area contributed by atoms with Crippen molar-refractivity contribution in [2.24, 2.45) is 5.41 Å². The third-order valence-electron chi connectivity index (χ3n) is 1.99. The van der Waals surface area contributed by atoms with E-state index in [1.807, 2.05) is 4.90 Å². The Bertz CT molecular complexity index is 145. The van der Waals surface area contributed by atoms with E-state index in [1.54, 1.807) is 0 Å². The second kappa shape index (κ2) is 3.30. The van der Waals surface area contributed by atoms with E-state index in [1.165, 1.54) is 0 Å². The number of β-amino-alcohol motifs (C(OH)–C–C–N with tert-alkyl or cyclic N) is 1. The zero-order valence-electron chi connectivity index (χ0n) is 8.05. The normalized spacial score (nSPS) is 32.8. The van der Waals surface area contributed by atoms with Gasteiger partial charge in [0.1, 0.15) is 6.17 Å². The molecule has 1 aliphatic heterocycles. The Kier molecular flexibility index (Phi) is 2.74. The summed E-state index contributed by atoms with van der Waals surface area (Å²) in [6, 6.07) is 0. The van der Waals surface area contributed by atoms with E-state index >= 15 is 0 Å². The molecule has 1 fully saturated rings. The molecule has 1 N–H and O–H groups in total. The minimum atomic E-state index is -1.05. The van der Waals surface area contributed by atoms with Crippen LogP contribution >= 0.6 is 0 Å². The number of hydrogen-bond acceptors (Lipinski definition) is 2. The molecule has 0 aliphatic carbocycles. The molecule has 1 heterocycles. The lowest BCUT2D eigenvalue weighted by molar-refractivity contribution is 0.114. The van der Waals surface area contributed by atoms with Crippen molar-refractivity contribution in [3.63, 3.8) is 0 Å². The van der Waals surface area contributed by atoms with E-state index in [-0.39, 0.29) is 5.41 Å². The van der Waals surface area contributed by atoms with Crippen molar-refractivity contribution in [3.8, 4) is 0 Å². The van der Waals surface area contributed by atoms with E-state index in [0.717, 1.165) is 6.54 Å². The molecule has 0 amide bonds. The van der Waals surface area contributed by atoms with Crippen LogP contribution in [0.15, 0.2) is 0 Å². The van der Waals surface area contributed by atoms with Gasteiger partial charge in [-0.25, -0.2) is 4.39 Å². The van der Waals surface area contributed by atoms with Crippen LogP contribution in [0.1, 0.15) is 20.8 Å². The maximum Gasteiger partial charge on any atom is 0.140 e. The molecule has 2 nitrogen and oxygen atoms in total. The first-order valence-corrected chi connectivity index (χ1v) is 4.43. The Morgan fingerprint density at radius 2 is 2.00 bits per heavy atom. The van der Waals surface area contributed by atoms with Crippen LogP contribution in [-0.2, 0) is 0 Å². The number of likely N-dealkylation sites (tertiary alicyclic amines) is 1. The summed E-state index contributed by atoms with van der Waals surface area (Å²) in [4.78, 5) is 1.98. The highest BCUT2D eigenvalue weighted by Crippen LogP contribution is 2.20. The predicted octanol–water partition coefficient (Wildman–Crippen LogP) is 1.05. The van der Waals surface area contributed by atoms with Crippen molar-refractivity contribution < 1.29 is 9.50 Å². The lowest BCUT2D eigenvalue weighted by Crippen LogP contribution is -2.31. The van der Waals surface area contributed by atoms with Gasteiger partial charge in [0.25, 0.3) is 0 Å². The Morgan fingerprint density at radius 1 is 1.42 bits per heavy atom. The summed E-state index contributed by atoms with van der Waals surface area (Å²) in [6.07, 6.45) is -1.82. The molecule has 1 saturated heterocycles. The minimum Gasteiger partial charge on any atom is -0.389 e. The van der Waals surface area contributed by atoms with E-state index in [2.05, 4.69) is 20.8 Å². The van der Waals surface area contributed by atoms with Crippen LogP contribution in [0, 0.1) is 5.41 Å². The second-order valence-electron chi connectivity index (χ2n) is 4.84. The van der Waals surface area contributed by atoms with Crippen LogP contribution in [0.25, 0.3) is 0 Å². The van der Waals surface area contributed by atoms with Crippen molar-refractivity contribution in [2.75, 3.05) is 19.6 Å². The van der Waals surface area contributed by atoms with Crippen molar-refractivity contribution in [1.29, 1.82) is 0 Å². The molecule has 0 bridgehead atoms. The smallest absolute Gasteiger partial charge is 0.140 e. The summed E-state index contributed by atoms with van der Waals surface area (Å²) < 4.78 is 12.9. The molecule has 1 rings (SSSR count). The molecule has 0 radical (unpaired) electrons. The molecule has 0 aromatic heterocycles. The summed E-state index contributed by atoms with van der Waals surface area (Å²) in [5.74, 6) is 0. The molecule has 12 heavy (non-hydrogen) atoms. The summed E-state index contributed by atoms with van der Waals surface area (Å²) in [5, 5.41) is 9.15. The first kappa shape index (κ1) is 9.93. The molecular weight excluding hydrogens is 157 g/mol. The van der Waals surface area contributed by atoms with Crippen LogP contribution in [0.5, 0.6) is 0 Å². The number of nitrogens with zero attached hydrogens (tertiary/aromatic N) is 1. The summed E-state index contributed by atoms with van der Waals surface area (Å²) in [7, 11) is 0. The summed E-state index contributed by atoms with van der Waals surface area (Å²) in [5.41, 5.74) is 0.184. The zero-order chi connectivity index (χ0) is 9.35. The van der Waals surface area contributed by atoms with Gasteiger partial charge in [0.15, 0.2) is 0 Å². The van der Waals surface area contributed by atoms with Gasteiger partial charge in [-0.2, -0.15) is 0 Å². The van der Waals surface area contributed by atoms with Crippen molar-refractivity contribution in [3.05, 3.63) is 0 Å². The molecule has 1 aliphatic rings. The van der Waals surface area contributed by atoms with Gasteiger partial charge in [0.2, 0.25) is 0 Å². The quantitative estimate of drug-likeness (QED) is 0.644. The van der Waals surface area contributed by atoms with Crippen LogP contribution < -0.4 is 0 Å². The number of aliphatic hydroxyl groups is 1. The minimum absolute atomic E-state index is 0.184. The van der Waals surface area contributed by atoms with E-state index in [4.69, 9.17) is 5.11 Å². The van der Waals surface area contributed by atoms with E-state index in [0.29, 0.717) is 13.1 Å². The van der Waals surface area contributed by atoms with Gasteiger partial charge in [-0.05, 0) is 5.41 Å². The maximum absolute atomic E-state index is 12.9. The molecule has 2 unspecified atom stereocenters. The monoisotopic (exact) mass is 175 g/mol. The van der Waals surface area contributed by atoms with Gasteiger partial charge in [0.05, 0.1) is 6.10 Å². The maximum atomic E-state index is 12.9. The highest BCUT2D eigenvalue weighted by molar-refractivity contribution is 4.85. The Morgan fingerprint density at radius 3 is 2.33 bits per heavy atom. The third kappa shape index (κ3) is 2.72. The van der Waals surface area contributed by atoms with Gasteiger partial charge < -0.3 is 5.11 Å². The largest absolute Gasteiger partial charge is 0.389 e. The zero-order valence-corrected chi connectivity index (χ0v) is 8.05. The fourth-order valence-corrected chi connectivity index (χ4v) is 1.62. The van der Waals surface area contributed by atoms with Crippen molar-refractivity contribution >= 4 is 0 Å². The third-order valence-corrected chi connectivity index (χ3v) is 1.99. The molecular formula is C9H18FNO. The molecule has 3 heteroatoms. The molecule has 0 aromatic rings. The van der Waals surface area contributed by atoms with Gasteiger partial charge in [-0.1, -0.05) is 20.8 Å². The van der Waals surface area contributed by atoms with Crippen LogP contribution in [0.2, 0.25) is 0 Å². The fourth-order valence-electron chi connectivity index (χ4n) is 1.62. The molecule has 0 aromatic carbocycles. The number of halogens is 1. The van der Waals surface area contributed by atoms with Crippen LogP contribution in [-0.4, -0.2) is 41.9 Å². The van der Waals surface area contributed by atoms with Crippen molar-refractivity contribution in [2.45, 2.75) is 33.0 Å². The van der Waals surface area contributed by atoms with Gasteiger partial charge in [-0.3, -0.25) is 4.90 Å². The number of alkyl halides is 1. The second-order valence-corrected chi connectivity index (χ2v) is 4.84. The standard InChI is InChI=1S/C9H18FNO/c1-9(2,3)6-11-4-7(10)8(12)5-11/h7-8,12H,4-6H2,1-3H3. The lowest BCUT2D eigenvalue weighted by atomic mass is 9.96. The van der Waals surface area contributed by atoms with Crippen molar-refractivity contribution in [1.82, 2.24) is 4.90 Å². The van der Waals surface area contributed by atoms with E-state index in [9.17, 15) is 4.39 Å². The Labute approximate surface area is 73.4 Å². The average molecular weight is 175 g/mol. The number of rotatable bonds is 1. The summed E-state index contributed by atoms with van der Waals surface area (Å²) in [6.45, 7) is 8.07. The first-order chi connectivity index (χ1) is 5.38. The van der Waals surface area contributed by atoms with Gasteiger partial charge in [-0.15, -0.1) is 0 Å². The first-order valence-electron chi connectivity index (χ1n) is 4.43. The molecule has 2 atom stereocenters. The highest BCUT2D eigenvalue weighted by atomic mass is 19.1. The van der Waals surface area contributed by atoms with E-state index < -0.39 is 12.3 Å². The van der Waals surface area contributed by atoms with Gasteiger partial charge >= 0.3 is 0 Å². The molecule has 0 saturated carbocycles. The lowest BCUT2D eigenvalue weighted by Gasteiger charge is -2.25. The fraction of sp³-hybridized carbons (Fsp3) is 1.00. The Balaban J connectivity index is 2.38. The van der Waals surface area contributed by atoms with Crippen LogP contribution in [0.3, 0.4) is 0 Å². The predicted molar refractivity (Wildman–Crippen MR) is 46.8 cm³/mol. The SMILES string of the molecule is CC(C)(C)CN1CC(O)C(F)C1. The molecule has 0 spiro atoms. The van der Waals surface area contributed by atoms with Crippen LogP contribution in [0.4, 0.5) is 4.39 Å². The van der Waals surface area contributed by atoms with Gasteiger partial charge in [0, 0.05) is 19.6 Å². The Hall–Kier alpha value is -0.150. The summed E-state index contributed by atoms with van der Waals surface area (Å²) >= 11 is 0. The average Bonchev–Trinajstić information content (AvgIpc) is 2.07.